The van der Waals surface area contributed by atoms with E-state index < -0.39 is 11.9 Å². The molecule has 154 valence electrons. The molecule has 0 bridgehead atoms. The van der Waals surface area contributed by atoms with E-state index in [1.807, 2.05) is 0 Å². The fourth-order valence-corrected chi connectivity index (χ4v) is 2.59. The Morgan fingerprint density at radius 1 is 0.741 bits per heavy atom. The van der Waals surface area contributed by atoms with Crippen molar-refractivity contribution in [2.24, 2.45) is 5.92 Å². The molecule has 0 N–H and O–H groups in total. The van der Waals surface area contributed by atoms with E-state index in [0.29, 0.717) is 0 Å². The summed E-state index contributed by atoms with van der Waals surface area (Å²) in [6.07, 6.45) is 17.0. The van der Waals surface area contributed by atoms with Crippen molar-refractivity contribution in [3.63, 3.8) is 0 Å². The third-order valence-corrected chi connectivity index (χ3v) is 4.26. The van der Waals surface area contributed by atoms with Gasteiger partial charge in [0.25, 0.3) is 0 Å². The molecule has 0 radical (unpaired) electrons. The molecule has 0 rings (SSSR count). The van der Waals surface area contributed by atoms with Gasteiger partial charge in [-0.15, -0.1) is 0 Å². The standard InChI is InChI=1S/C18H36O2.C4H6O2.Mg/c1-17(2)15-13-11-9-7-5-3-4-6-8-10-12-14-16-18(19)20;1-3(2)4(5)6;/h17H,3-16H2,1-2H3,(H,19,20);1H2,2H3,(H,5,6);/q;;+2/p-2. The topological polar surface area (TPSA) is 80.3 Å². The Kier molecular flexibility index (Phi) is 27.1. The summed E-state index contributed by atoms with van der Waals surface area (Å²) in [7, 11) is 0. The van der Waals surface area contributed by atoms with Gasteiger partial charge in [-0.2, -0.15) is 0 Å². The number of unbranched alkanes of at least 4 members (excludes halogenated alkanes) is 11. The van der Waals surface area contributed by atoms with Crippen LogP contribution in [0.15, 0.2) is 12.2 Å². The molecular weight excluding hydrogens is 353 g/mol. The van der Waals surface area contributed by atoms with Crippen LogP contribution < -0.4 is 10.2 Å². The van der Waals surface area contributed by atoms with Crippen molar-refractivity contribution in [2.75, 3.05) is 0 Å². The van der Waals surface area contributed by atoms with Gasteiger partial charge in [0.2, 0.25) is 0 Å². The molecule has 0 aliphatic heterocycles. The van der Waals surface area contributed by atoms with Gasteiger partial charge in [-0.25, -0.2) is 0 Å². The average Bonchev–Trinajstić information content (AvgIpc) is 2.55. The van der Waals surface area contributed by atoms with Crippen molar-refractivity contribution in [1.82, 2.24) is 0 Å². The Morgan fingerprint density at radius 2 is 1.04 bits per heavy atom. The number of rotatable bonds is 16. The smallest absolute Gasteiger partial charge is 0.550 e. The zero-order chi connectivity index (χ0) is 20.2. The second kappa shape index (κ2) is 23.5. The Morgan fingerprint density at radius 3 is 1.30 bits per heavy atom. The van der Waals surface area contributed by atoms with Crippen molar-refractivity contribution in [3.05, 3.63) is 12.2 Å². The van der Waals surface area contributed by atoms with Crippen LogP contribution in [0.25, 0.3) is 0 Å². The monoisotopic (exact) mass is 392 g/mol. The summed E-state index contributed by atoms with van der Waals surface area (Å²) >= 11 is 0. The molecule has 0 unspecified atom stereocenters. The predicted octanol–water partition coefficient (Wildman–Crippen LogP) is 3.79. The molecule has 0 amide bonds. The van der Waals surface area contributed by atoms with Gasteiger partial charge >= 0.3 is 23.1 Å². The second-order valence-corrected chi connectivity index (χ2v) is 7.61. The number of carboxylic acid groups (broad SMARTS) is 2. The summed E-state index contributed by atoms with van der Waals surface area (Å²) in [6.45, 7) is 9.09. The largest absolute Gasteiger partial charge is 2.00 e. The van der Waals surface area contributed by atoms with E-state index in [0.717, 1.165) is 18.8 Å². The van der Waals surface area contributed by atoms with Crippen LogP contribution in [-0.2, 0) is 9.59 Å². The van der Waals surface area contributed by atoms with E-state index in [2.05, 4.69) is 20.4 Å². The minimum absolute atomic E-state index is 0. The fraction of sp³-hybridized carbons (Fsp3) is 0.818. The molecule has 0 aliphatic rings. The van der Waals surface area contributed by atoms with Crippen LogP contribution in [-0.4, -0.2) is 35.0 Å². The molecule has 0 spiro atoms. The molecular formula is C22H40MgO4. The van der Waals surface area contributed by atoms with E-state index in [1.54, 1.807) is 0 Å². The number of hydrogen-bond acceptors (Lipinski definition) is 4. The van der Waals surface area contributed by atoms with Gasteiger partial charge in [-0.05, 0) is 31.3 Å². The molecule has 0 atom stereocenters. The van der Waals surface area contributed by atoms with Crippen LogP contribution >= 0.6 is 0 Å². The van der Waals surface area contributed by atoms with Crippen molar-refractivity contribution in [1.29, 1.82) is 0 Å². The maximum atomic E-state index is 10.2. The van der Waals surface area contributed by atoms with E-state index in [1.165, 1.54) is 77.6 Å². The number of aliphatic carboxylic acids is 2. The average molecular weight is 393 g/mol. The molecule has 0 aliphatic carbocycles. The van der Waals surface area contributed by atoms with Crippen molar-refractivity contribution >= 4 is 35.0 Å². The summed E-state index contributed by atoms with van der Waals surface area (Å²) in [6, 6.07) is 0. The number of carboxylic acids is 2. The fourth-order valence-electron chi connectivity index (χ4n) is 2.59. The second-order valence-electron chi connectivity index (χ2n) is 7.61. The van der Waals surface area contributed by atoms with E-state index in [-0.39, 0.29) is 35.0 Å². The van der Waals surface area contributed by atoms with Crippen LogP contribution in [0.3, 0.4) is 0 Å². The first kappa shape index (κ1) is 31.2. The van der Waals surface area contributed by atoms with Crippen molar-refractivity contribution in [2.45, 2.75) is 111 Å². The quantitative estimate of drug-likeness (QED) is 0.227. The summed E-state index contributed by atoms with van der Waals surface area (Å²) < 4.78 is 0. The maximum absolute atomic E-state index is 10.2. The van der Waals surface area contributed by atoms with Crippen LogP contribution in [0.4, 0.5) is 0 Å². The minimum atomic E-state index is -1.19. The first-order chi connectivity index (χ1) is 12.3. The van der Waals surface area contributed by atoms with E-state index in [4.69, 9.17) is 0 Å². The molecule has 0 aromatic heterocycles. The zero-order valence-corrected chi connectivity index (χ0v) is 19.4. The van der Waals surface area contributed by atoms with Gasteiger partial charge in [-0.1, -0.05) is 97.5 Å². The molecule has 0 aromatic carbocycles. The summed E-state index contributed by atoms with van der Waals surface area (Å²) in [5, 5.41) is 19.7. The molecule has 27 heavy (non-hydrogen) atoms. The van der Waals surface area contributed by atoms with Crippen LogP contribution in [0.1, 0.15) is 111 Å². The zero-order valence-electron chi connectivity index (χ0n) is 18.0. The third kappa shape index (κ3) is 33.5. The molecule has 0 aromatic rings. The Labute approximate surface area is 183 Å². The number of carbonyl (C=O) groups is 2. The van der Waals surface area contributed by atoms with Gasteiger partial charge in [0.1, 0.15) is 0 Å². The van der Waals surface area contributed by atoms with Crippen LogP contribution in [0.2, 0.25) is 0 Å². The van der Waals surface area contributed by atoms with E-state index in [9.17, 15) is 19.8 Å². The van der Waals surface area contributed by atoms with Gasteiger partial charge in [-0.3, -0.25) is 0 Å². The molecule has 0 saturated heterocycles. The maximum Gasteiger partial charge on any atom is 2.00 e. The van der Waals surface area contributed by atoms with Crippen molar-refractivity contribution < 1.29 is 19.8 Å². The summed E-state index contributed by atoms with van der Waals surface area (Å²) in [4.78, 5) is 19.7. The Bertz CT molecular complexity index is 355. The minimum Gasteiger partial charge on any atom is -0.550 e. The normalized spacial score (nSPS) is 9.93. The van der Waals surface area contributed by atoms with E-state index >= 15 is 0 Å². The summed E-state index contributed by atoms with van der Waals surface area (Å²) in [5.41, 5.74) is 0.0648. The van der Waals surface area contributed by atoms with Gasteiger partial charge in [0, 0.05) is 5.97 Å². The van der Waals surface area contributed by atoms with Gasteiger partial charge in [0.05, 0.1) is 5.97 Å². The number of carbonyl (C=O) groups excluding carboxylic acids is 2. The van der Waals surface area contributed by atoms with Crippen LogP contribution in [0.5, 0.6) is 0 Å². The molecule has 0 heterocycles. The first-order valence-corrected chi connectivity index (χ1v) is 10.3. The number of hydrogen-bond donors (Lipinski definition) is 0. The van der Waals surface area contributed by atoms with Gasteiger partial charge in [0.15, 0.2) is 0 Å². The first-order valence-electron chi connectivity index (χ1n) is 10.3. The molecule has 4 nitrogen and oxygen atoms in total. The van der Waals surface area contributed by atoms with Gasteiger partial charge < -0.3 is 19.8 Å². The van der Waals surface area contributed by atoms with Crippen LogP contribution in [0, 0.1) is 5.92 Å². The molecule has 5 heteroatoms. The molecule has 0 fully saturated rings. The molecule has 0 saturated carbocycles. The Balaban J connectivity index is -0.000000709. The SMILES string of the molecule is C=C(C)C(=O)[O-].CC(C)CCCCCCCCCCCCCCC(=O)[O-].[Mg+2]. The van der Waals surface area contributed by atoms with Crippen molar-refractivity contribution in [3.8, 4) is 0 Å². The summed E-state index contributed by atoms with van der Waals surface area (Å²) in [5.74, 6) is -1.23. The third-order valence-electron chi connectivity index (χ3n) is 4.26. The Hall–Kier alpha value is -0.554. The predicted molar refractivity (Wildman–Crippen MR) is 110 cm³/mol.